The number of carbonyl (C=O) groups is 1. The van der Waals surface area contributed by atoms with Crippen molar-refractivity contribution in [2.75, 3.05) is 6.61 Å². The normalized spacial score (nSPS) is 42.8. The fraction of sp³-hybridized carbons (Fsp3) is 0.938. The third-order valence-corrected chi connectivity index (χ3v) is 4.74. The maximum Gasteiger partial charge on any atom is 0.302 e. The molecule has 5 heteroatoms. The summed E-state index contributed by atoms with van der Waals surface area (Å²) in [5, 5.41) is 10.7. The minimum atomic E-state index is -1.07. The molecule has 0 aromatic heterocycles. The molecule has 0 spiro atoms. The van der Waals surface area contributed by atoms with E-state index in [1.165, 1.54) is 6.92 Å². The topological polar surface area (TPSA) is 65.0 Å². The maximum absolute atomic E-state index is 11.0. The van der Waals surface area contributed by atoms with Crippen molar-refractivity contribution in [1.29, 1.82) is 0 Å². The van der Waals surface area contributed by atoms with Crippen molar-refractivity contribution in [3.05, 3.63) is 0 Å². The smallest absolute Gasteiger partial charge is 0.302 e. The Morgan fingerprint density at radius 3 is 2.52 bits per heavy atom. The second-order valence-corrected chi connectivity index (χ2v) is 7.50. The van der Waals surface area contributed by atoms with Crippen molar-refractivity contribution in [2.45, 2.75) is 89.3 Å². The summed E-state index contributed by atoms with van der Waals surface area (Å²) in [5.74, 6) is -0.361. The van der Waals surface area contributed by atoms with E-state index in [0.717, 1.165) is 19.3 Å². The summed E-state index contributed by atoms with van der Waals surface area (Å²) in [7, 11) is 0. The Bertz CT molecular complexity index is 403. The molecule has 2 heterocycles. The quantitative estimate of drug-likeness (QED) is 0.792. The van der Waals surface area contributed by atoms with Crippen molar-refractivity contribution < 1.29 is 24.1 Å². The molecule has 0 aromatic rings. The van der Waals surface area contributed by atoms with Gasteiger partial charge in [0.15, 0.2) is 0 Å². The first-order valence-corrected chi connectivity index (χ1v) is 7.75. The van der Waals surface area contributed by atoms with Crippen LogP contribution in [0.3, 0.4) is 0 Å². The molecule has 1 N–H and O–H groups in total. The minimum absolute atomic E-state index is 0.0774. The Morgan fingerprint density at radius 1 is 1.24 bits per heavy atom. The van der Waals surface area contributed by atoms with Crippen LogP contribution in [0.4, 0.5) is 0 Å². The lowest BCUT2D eigenvalue weighted by Crippen LogP contribution is -2.62. The van der Waals surface area contributed by atoms with Gasteiger partial charge < -0.3 is 19.3 Å². The highest BCUT2D eigenvalue weighted by atomic mass is 16.6. The van der Waals surface area contributed by atoms with E-state index < -0.39 is 17.3 Å². The van der Waals surface area contributed by atoms with Gasteiger partial charge in [0.05, 0.1) is 22.9 Å². The molecule has 4 atom stereocenters. The highest BCUT2D eigenvalue weighted by Crippen LogP contribution is 2.44. The highest BCUT2D eigenvalue weighted by Gasteiger charge is 2.53. The van der Waals surface area contributed by atoms with Crippen LogP contribution in [0.2, 0.25) is 0 Å². The lowest BCUT2D eigenvalue weighted by molar-refractivity contribution is -0.279. The Labute approximate surface area is 126 Å². The second kappa shape index (κ2) is 5.52. The van der Waals surface area contributed by atoms with Gasteiger partial charge in [-0.05, 0) is 47.0 Å². The van der Waals surface area contributed by atoms with Gasteiger partial charge in [0.25, 0.3) is 0 Å². The zero-order valence-corrected chi connectivity index (χ0v) is 13.8. The summed E-state index contributed by atoms with van der Waals surface area (Å²) >= 11 is 0. The first-order chi connectivity index (χ1) is 9.54. The van der Waals surface area contributed by atoms with E-state index in [1.54, 1.807) is 6.92 Å². The number of aliphatic hydroxyl groups is 1. The zero-order chi connectivity index (χ0) is 15.9. The van der Waals surface area contributed by atoms with Crippen molar-refractivity contribution in [2.24, 2.45) is 0 Å². The molecule has 0 aliphatic carbocycles. The van der Waals surface area contributed by atoms with Gasteiger partial charge in [-0.2, -0.15) is 0 Å². The first kappa shape index (κ1) is 16.7. The SMILES string of the molecule is CC(=O)OC[C@@H]1O[C@@]2(C)CCCC(C)(C)O[C@@H]2C[C@@]1(C)O. The number of hydrogen-bond donors (Lipinski definition) is 1. The van der Waals surface area contributed by atoms with Gasteiger partial charge in [-0.3, -0.25) is 4.79 Å². The van der Waals surface area contributed by atoms with Gasteiger partial charge in [-0.1, -0.05) is 0 Å². The molecule has 21 heavy (non-hydrogen) atoms. The largest absolute Gasteiger partial charge is 0.463 e. The third kappa shape index (κ3) is 3.76. The van der Waals surface area contributed by atoms with E-state index in [0.29, 0.717) is 6.42 Å². The molecule has 0 aromatic carbocycles. The predicted molar refractivity (Wildman–Crippen MR) is 78.0 cm³/mol. The Balaban J connectivity index is 2.16. The zero-order valence-electron chi connectivity index (χ0n) is 13.8. The molecule has 0 radical (unpaired) electrons. The standard InChI is InChI=1S/C16H28O5/c1-11(17)19-10-13-15(4,18)9-12-16(5,21-13)8-6-7-14(2,3)20-12/h12-13,18H,6-10H2,1-5H3/t12-,13+,15-,16+/m1/s1. The second-order valence-electron chi connectivity index (χ2n) is 7.50. The summed E-state index contributed by atoms with van der Waals surface area (Å²) < 4.78 is 17.4. The third-order valence-electron chi connectivity index (χ3n) is 4.74. The van der Waals surface area contributed by atoms with Crippen LogP contribution in [0, 0.1) is 0 Å². The number of hydrogen-bond acceptors (Lipinski definition) is 5. The van der Waals surface area contributed by atoms with E-state index in [1.807, 2.05) is 6.92 Å². The molecular formula is C16H28O5. The summed E-state index contributed by atoms with van der Waals surface area (Å²) in [6, 6.07) is 0. The molecule has 122 valence electrons. The Hall–Kier alpha value is -0.650. The summed E-state index contributed by atoms with van der Waals surface area (Å²) in [6.45, 7) is 9.36. The molecule has 2 saturated heterocycles. The van der Waals surface area contributed by atoms with Gasteiger partial charge in [0.1, 0.15) is 12.7 Å². The van der Waals surface area contributed by atoms with Crippen LogP contribution in [0.15, 0.2) is 0 Å². The summed E-state index contributed by atoms with van der Waals surface area (Å²) in [6.07, 6.45) is 2.68. The number of carbonyl (C=O) groups excluding carboxylic acids is 1. The molecule has 0 amide bonds. The van der Waals surface area contributed by atoms with Gasteiger partial charge in [-0.15, -0.1) is 0 Å². The highest BCUT2D eigenvalue weighted by molar-refractivity contribution is 5.65. The maximum atomic E-state index is 11.0. The van der Waals surface area contributed by atoms with Gasteiger partial charge in [0.2, 0.25) is 0 Å². The van der Waals surface area contributed by atoms with Crippen LogP contribution in [-0.4, -0.2) is 46.7 Å². The van der Waals surface area contributed by atoms with Crippen LogP contribution >= 0.6 is 0 Å². The van der Waals surface area contributed by atoms with Gasteiger partial charge in [-0.25, -0.2) is 0 Å². The van der Waals surface area contributed by atoms with E-state index in [2.05, 4.69) is 13.8 Å². The van der Waals surface area contributed by atoms with Crippen molar-refractivity contribution in [3.63, 3.8) is 0 Å². The Morgan fingerprint density at radius 2 is 1.90 bits per heavy atom. The minimum Gasteiger partial charge on any atom is -0.463 e. The molecular weight excluding hydrogens is 272 g/mol. The predicted octanol–water partition coefficient (Wildman–Crippen LogP) is 2.20. The van der Waals surface area contributed by atoms with E-state index in [-0.39, 0.29) is 24.3 Å². The number of fused-ring (bicyclic) bond motifs is 1. The fourth-order valence-corrected chi connectivity index (χ4v) is 3.35. The van der Waals surface area contributed by atoms with Crippen molar-refractivity contribution in [3.8, 4) is 0 Å². The summed E-state index contributed by atoms with van der Waals surface area (Å²) in [5.41, 5.74) is -1.72. The fourth-order valence-electron chi connectivity index (χ4n) is 3.35. The molecule has 0 unspecified atom stereocenters. The van der Waals surface area contributed by atoms with Crippen LogP contribution in [0.5, 0.6) is 0 Å². The van der Waals surface area contributed by atoms with Crippen molar-refractivity contribution in [1.82, 2.24) is 0 Å². The van der Waals surface area contributed by atoms with Crippen LogP contribution in [0.1, 0.15) is 60.3 Å². The lowest BCUT2D eigenvalue weighted by atomic mass is 9.79. The molecule has 0 saturated carbocycles. The van der Waals surface area contributed by atoms with E-state index in [4.69, 9.17) is 14.2 Å². The lowest BCUT2D eigenvalue weighted by Gasteiger charge is -2.50. The number of ether oxygens (including phenoxy) is 3. The van der Waals surface area contributed by atoms with Gasteiger partial charge in [0, 0.05) is 13.3 Å². The average molecular weight is 300 g/mol. The van der Waals surface area contributed by atoms with Crippen LogP contribution in [-0.2, 0) is 19.0 Å². The molecule has 2 fully saturated rings. The number of rotatable bonds is 2. The molecule has 2 aliphatic rings. The van der Waals surface area contributed by atoms with Crippen LogP contribution < -0.4 is 0 Å². The molecule has 0 bridgehead atoms. The first-order valence-electron chi connectivity index (χ1n) is 7.75. The Kier molecular flexibility index (Phi) is 4.40. The molecule has 5 nitrogen and oxygen atoms in total. The van der Waals surface area contributed by atoms with E-state index in [9.17, 15) is 9.90 Å². The van der Waals surface area contributed by atoms with E-state index >= 15 is 0 Å². The molecule has 2 rings (SSSR count). The summed E-state index contributed by atoms with van der Waals surface area (Å²) in [4.78, 5) is 11.0. The number of esters is 1. The van der Waals surface area contributed by atoms with Gasteiger partial charge >= 0.3 is 5.97 Å². The van der Waals surface area contributed by atoms with Crippen LogP contribution in [0.25, 0.3) is 0 Å². The average Bonchev–Trinajstić information content (AvgIpc) is 2.41. The van der Waals surface area contributed by atoms with Crippen molar-refractivity contribution >= 4 is 5.97 Å². The molecule has 2 aliphatic heterocycles. The monoisotopic (exact) mass is 300 g/mol.